The highest BCUT2D eigenvalue weighted by Gasteiger charge is 2.01. The van der Waals surface area contributed by atoms with Crippen LogP contribution in [0, 0.1) is 6.20 Å². The first-order valence-electron chi connectivity index (χ1n) is 4.08. The highest BCUT2D eigenvalue weighted by atomic mass is 79.9. The number of hydrogen-bond acceptors (Lipinski definition) is 3. The molecule has 0 aliphatic rings. The van der Waals surface area contributed by atoms with E-state index in [4.69, 9.17) is 4.74 Å². The summed E-state index contributed by atoms with van der Waals surface area (Å²) in [5, 5.41) is 7.37. The summed E-state index contributed by atoms with van der Waals surface area (Å²) in [5.41, 5.74) is 0. The number of rotatable bonds is 2. The molecule has 3 nitrogen and oxygen atoms in total. The molecule has 0 amide bonds. The Kier molecular flexibility index (Phi) is 3.33. The second-order valence-corrected chi connectivity index (χ2v) is 4.39. The Labute approximate surface area is 104 Å². The lowest BCUT2D eigenvalue weighted by Gasteiger charge is -2.04. The van der Waals surface area contributed by atoms with Gasteiger partial charge in [-0.2, -0.15) is 0 Å². The third-order valence-corrected chi connectivity index (χ3v) is 3.50. The quantitative estimate of drug-likeness (QED) is 0.845. The van der Waals surface area contributed by atoms with Crippen molar-refractivity contribution < 1.29 is 4.74 Å². The maximum absolute atomic E-state index is 5.47. The Hall–Kier alpha value is -0.940. The predicted molar refractivity (Wildman–Crippen MR) is 62.8 cm³/mol. The van der Waals surface area contributed by atoms with Crippen LogP contribution in [0.3, 0.4) is 0 Å². The standard InChI is InChI=1S/C10H5Br2N2O/c11-8-4-3-7(6-9(8)12)15-10-2-1-5-13-14-10/h1-4,6H. The van der Waals surface area contributed by atoms with Gasteiger partial charge in [-0.25, -0.2) is 0 Å². The lowest BCUT2D eigenvalue weighted by atomic mass is 10.3. The Morgan fingerprint density at radius 1 is 1.13 bits per heavy atom. The molecular weight excluding hydrogens is 324 g/mol. The van der Waals surface area contributed by atoms with Gasteiger partial charge >= 0.3 is 0 Å². The molecule has 1 heterocycles. The molecule has 0 fully saturated rings. The summed E-state index contributed by atoms with van der Waals surface area (Å²) in [5.74, 6) is 1.15. The van der Waals surface area contributed by atoms with Crippen molar-refractivity contribution in [2.75, 3.05) is 0 Å². The smallest absolute Gasteiger partial charge is 0.238 e. The average Bonchev–Trinajstić information content (AvgIpc) is 2.25. The molecule has 2 aromatic rings. The zero-order valence-electron chi connectivity index (χ0n) is 7.45. The zero-order valence-corrected chi connectivity index (χ0v) is 10.6. The maximum Gasteiger partial charge on any atom is 0.238 e. The zero-order chi connectivity index (χ0) is 10.7. The van der Waals surface area contributed by atoms with Gasteiger partial charge < -0.3 is 4.74 Å². The highest BCUT2D eigenvalue weighted by Crippen LogP contribution is 2.29. The minimum atomic E-state index is 0.447. The summed E-state index contributed by atoms with van der Waals surface area (Å²) in [7, 11) is 0. The van der Waals surface area contributed by atoms with Crippen molar-refractivity contribution in [2.45, 2.75) is 0 Å². The average molecular weight is 329 g/mol. The van der Waals surface area contributed by atoms with Crippen molar-refractivity contribution >= 4 is 31.9 Å². The molecule has 1 radical (unpaired) electrons. The minimum absolute atomic E-state index is 0.447. The van der Waals surface area contributed by atoms with Gasteiger partial charge in [0.05, 0.1) is 0 Å². The van der Waals surface area contributed by atoms with Gasteiger partial charge in [0.25, 0.3) is 0 Å². The molecule has 0 saturated carbocycles. The first-order valence-corrected chi connectivity index (χ1v) is 5.67. The van der Waals surface area contributed by atoms with Crippen LogP contribution in [0.2, 0.25) is 0 Å². The van der Waals surface area contributed by atoms with E-state index in [0.29, 0.717) is 11.6 Å². The fourth-order valence-electron chi connectivity index (χ4n) is 0.969. The Morgan fingerprint density at radius 2 is 2.00 bits per heavy atom. The molecule has 0 atom stereocenters. The highest BCUT2D eigenvalue weighted by molar-refractivity contribution is 9.13. The Balaban J connectivity index is 2.22. The number of hydrogen-bond donors (Lipinski definition) is 0. The largest absolute Gasteiger partial charge is 0.437 e. The van der Waals surface area contributed by atoms with E-state index in [2.05, 4.69) is 48.3 Å². The van der Waals surface area contributed by atoms with Gasteiger partial charge in [-0.3, -0.25) is 0 Å². The third kappa shape index (κ3) is 2.76. The Bertz CT molecular complexity index is 462. The van der Waals surface area contributed by atoms with E-state index in [1.807, 2.05) is 18.2 Å². The van der Waals surface area contributed by atoms with E-state index >= 15 is 0 Å². The van der Waals surface area contributed by atoms with E-state index in [9.17, 15) is 0 Å². The van der Waals surface area contributed by atoms with Crippen LogP contribution in [0.5, 0.6) is 11.6 Å². The molecule has 15 heavy (non-hydrogen) atoms. The second kappa shape index (κ2) is 4.72. The summed E-state index contributed by atoms with van der Waals surface area (Å²) in [6, 6.07) is 8.93. The lowest BCUT2D eigenvalue weighted by Crippen LogP contribution is -1.89. The van der Waals surface area contributed by atoms with Crippen LogP contribution in [0.15, 0.2) is 39.3 Å². The molecule has 0 N–H and O–H groups in total. The first kappa shape index (κ1) is 10.6. The van der Waals surface area contributed by atoms with Crippen LogP contribution in [0.1, 0.15) is 0 Å². The van der Waals surface area contributed by atoms with Crippen LogP contribution in [0.25, 0.3) is 0 Å². The molecule has 1 aromatic heterocycles. The van der Waals surface area contributed by atoms with Gasteiger partial charge in [-0.1, -0.05) is 0 Å². The van der Waals surface area contributed by atoms with Crippen LogP contribution in [0.4, 0.5) is 0 Å². The number of aromatic nitrogens is 2. The molecule has 0 saturated heterocycles. The van der Waals surface area contributed by atoms with E-state index in [0.717, 1.165) is 8.95 Å². The normalized spacial score (nSPS) is 10.0. The molecule has 0 bridgehead atoms. The van der Waals surface area contributed by atoms with E-state index in [-0.39, 0.29) is 0 Å². The molecule has 0 spiro atoms. The molecule has 2 rings (SSSR count). The van der Waals surface area contributed by atoms with Crippen molar-refractivity contribution in [2.24, 2.45) is 0 Å². The van der Waals surface area contributed by atoms with Gasteiger partial charge in [0, 0.05) is 15.0 Å². The number of halogens is 2. The molecule has 1 aromatic carbocycles. The van der Waals surface area contributed by atoms with Gasteiger partial charge in [-0.15, -0.1) is 10.2 Å². The molecule has 0 unspecified atom stereocenters. The summed E-state index contributed by atoms with van der Waals surface area (Å²) in [6.07, 6.45) is 2.58. The van der Waals surface area contributed by atoms with E-state index in [1.165, 1.54) is 0 Å². The first-order chi connectivity index (χ1) is 7.25. The number of ether oxygens (including phenoxy) is 1. The van der Waals surface area contributed by atoms with Crippen LogP contribution in [-0.2, 0) is 0 Å². The van der Waals surface area contributed by atoms with Gasteiger partial charge in [0.15, 0.2) is 0 Å². The topological polar surface area (TPSA) is 35.0 Å². The van der Waals surface area contributed by atoms with Crippen LogP contribution >= 0.6 is 31.9 Å². The second-order valence-electron chi connectivity index (χ2n) is 2.68. The molecule has 0 aliphatic carbocycles. The van der Waals surface area contributed by atoms with Crippen molar-refractivity contribution in [1.82, 2.24) is 10.2 Å². The van der Waals surface area contributed by atoms with E-state index < -0.39 is 0 Å². The predicted octanol–water partition coefficient (Wildman–Crippen LogP) is 3.59. The molecule has 75 valence electrons. The van der Waals surface area contributed by atoms with Crippen LogP contribution in [-0.4, -0.2) is 10.2 Å². The molecule has 5 heteroatoms. The van der Waals surface area contributed by atoms with Crippen molar-refractivity contribution in [3.8, 4) is 11.6 Å². The summed E-state index contributed by atoms with van der Waals surface area (Å²) in [4.78, 5) is 0. The fraction of sp³-hybridized carbons (Fsp3) is 0. The summed E-state index contributed by atoms with van der Waals surface area (Å²) < 4.78 is 7.37. The lowest BCUT2D eigenvalue weighted by molar-refractivity contribution is 0.454. The molecule has 0 aliphatic heterocycles. The minimum Gasteiger partial charge on any atom is -0.437 e. The third-order valence-electron chi connectivity index (χ3n) is 1.62. The number of nitrogens with zero attached hydrogens (tertiary/aromatic N) is 2. The van der Waals surface area contributed by atoms with Crippen LogP contribution < -0.4 is 4.74 Å². The van der Waals surface area contributed by atoms with Gasteiger partial charge in [0.1, 0.15) is 11.9 Å². The molecular formula is C10H5Br2N2O. The van der Waals surface area contributed by atoms with Gasteiger partial charge in [-0.05, 0) is 56.1 Å². The Morgan fingerprint density at radius 3 is 2.67 bits per heavy atom. The SMILES string of the molecule is Brc1ccc(Oc2cc[c]nn2)cc1Br. The summed E-state index contributed by atoms with van der Waals surface area (Å²) in [6.45, 7) is 0. The van der Waals surface area contributed by atoms with E-state index in [1.54, 1.807) is 12.1 Å². The monoisotopic (exact) mass is 327 g/mol. The van der Waals surface area contributed by atoms with Gasteiger partial charge in [0.2, 0.25) is 5.88 Å². The van der Waals surface area contributed by atoms with Crippen molar-refractivity contribution in [3.63, 3.8) is 0 Å². The summed E-state index contributed by atoms with van der Waals surface area (Å²) >= 11 is 6.77. The fourth-order valence-corrected chi connectivity index (χ4v) is 1.57. The van der Waals surface area contributed by atoms with Crippen molar-refractivity contribution in [1.29, 1.82) is 0 Å². The van der Waals surface area contributed by atoms with Crippen molar-refractivity contribution in [3.05, 3.63) is 45.5 Å². The maximum atomic E-state index is 5.47. The number of benzene rings is 1.